The molecule has 1 unspecified atom stereocenters. The van der Waals surface area contributed by atoms with Crippen molar-refractivity contribution in [3.8, 4) is 0 Å². The summed E-state index contributed by atoms with van der Waals surface area (Å²) in [6, 6.07) is 8.37. The Kier molecular flexibility index (Phi) is 4.37. The van der Waals surface area contributed by atoms with Gasteiger partial charge in [-0.2, -0.15) is 0 Å². The second kappa shape index (κ2) is 6.01. The van der Waals surface area contributed by atoms with E-state index in [-0.39, 0.29) is 12.5 Å². The quantitative estimate of drug-likeness (QED) is 0.778. The van der Waals surface area contributed by atoms with Crippen LogP contribution in [-0.2, 0) is 4.79 Å². The van der Waals surface area contributed by atoms with Gasteiger partial charge in [-0.1, -0.05) is 31.2 Å². The molecule has 1 fully saturated rings. The zero-order chi connectivity index (χ0) is 13.0. The Morgan fingerprint density at radius 1 is 1.39 bits per heavy atom. The molecule has 98 valence electrons. The number of rotatable bonds is 7. The molecule has 0 aliphatic heterocycles. The van der Waals surface area contributed by atoms with E-state index in [1.807, 2.05) is 0 Å². The Balaban J connectivity index is 2.05. The van der Waals surface area contributed by atoms with Gasteiger partial charge < -0.3 is 10.4 Å². The molecule has 0 bridgehead atoms. The minimum atomic E-state index is -0.755. The summed E-state index contributed by atoms with van der Waals surface area (Å²) in [6.07, 6.45) is 3.75. The Labute approximate surface area is 108 Å². The van der Waals surface area contributed by atoms with Crippen LogP contribution in [0.1, 0.15) is 55.7 Å². The number of nitrogens with one attached hydrogen (secondary N) is 1. The van der Waals surface area contributed by atoms with E-state index in [9.17, 15) is 4.79 Å². The molecule has 1 aliphatic rings. The molecular formula is C15H21NO2. The van der Waals surface area contributed by atoms with Gasteiger partial charge in [0, 0.05) is 6.04 Å². The summed E-state index contributed by atoms with van der Waals surface area (Å²) in [6.45, 7) is 2.93. The van der Waals surface area contributed by atoms with Gasteiger partial charge in [0.05, 0.1) is 6.42 Å². The first-order chi connectivity index (χ1) is 8.70. The standard InChI is InChI=1S/C15H21NO2/c1-2-9-16-14(10-15(17)18)13-7-5-12(6-8-13)11-3-4-11/h5-8,11,14,16H,2-4,9-10H2,1H3,(H,17,18). The van der Waals surface area contributed by atoms with Crippen molar-refractivity contribution in [2.24, 2.45) is 0 Å². The van der Waals surface area contributed by atoms with Crippen LogP contribution in [0.3, 0.4) is 0 Å². The van der Waals surface area contributed by atoms with Gasteiger partial charge in [-0.25, -0.2) is 0 Å². The van der Waals surface area contributed by atoms with Crippen molar-refractivity contribution in [1.29, 1.82) is 0 Å². The monoisotopic (exact) mass is 247 g/mol. The molecule has 1 aromatic rings. The molecular weight excluding hydrogens is 226 g/mol. The molecule has 0 amide bonds. The third-order valence-electron chi connectivity index (χ3n) is 3.41. The lowest BCUT2D eigenvalue weighted by molar-refractivity contribution is -0.137. The molecule has 3 nitrogen and oxygen atoms in total. The first kappa shape index (κ1) is 13.1. The van der Waals surface area contributed by atoms with Crippen LogP contribution in [0.2, 0.25) is 0 Å². The van der Waals surface area contributed by atoms with Gasteiger partial charge >= 0.3 is 5.97 Å². The Bertz CT molecular complexity index is 395. The van der Waals surface area contributed by atoms with Crippen LogP contribution in [-0.4, -0.2) is 17.6 Å². The number of carbonyl (C=O) groups is 1. The van der Waals surface area contributed by atoms with Crippen molar-refractivity contribution in [2.75, 3.05) is 6.54 Å². The van der Waals surface area contributed by atoms with Crippen LogP contribution in [0.4, 0.5) is 0 Å². The number of carboxylic acids is 1. The molecule has 1 atom stereocenters. The van der Waals surface area contributed by atoms with Crippen molar-refractivity contribution in [1.82, 2.24) is 5.32 Å². The Morgan fingerprint density at radius 3 is 2.56 bits per heavy atom. The second-order valence-corrected chi connectivity index (χ2v) is 5.05. The van der Waals surface area contributed by atoms with Crippen molar-refractivity contribution >= 4 is 5.97 Å². The average molecular weight is 247 g/mol. The van der Waals surface area contributed by atoms with Crippen LogP contribution in [0, 0.1) is 0 Å². The van der Waals surface area contributed by atoms with Crippen molar-refractivity contribution in [3.63, 3.8) is 0 Å². The van der Waals surface area contributed by atoms with Crippen LogP contribution >= 0.6 is 0 Å². The fourth-order valence-corrected chi connectivity index (χ4v) is 2.22. The summed E-state index contributed by atoms with van der Waals surface area (Å²) in [5.41, 5.74) is 2.47. The molecule has 2 N–H and O–H groups in total. The molecule has 2 rings (SSSR count). The maximum atomic E-state index is 10.9. The minimum absolute atomic E-state index is 0.0734. The van der Waals surface area contributed by atoms with Crippen LogP contribution in [0.25, 0.3) is 0 Å². The third-order valence-corrected chi connectivity index (χ3v) is 3.41. The van der Waals surface area contributed by atoms with E-state index >= 15 is 0 Å². The molecule has 0 saturated heterocycles. The Morgan fingerprint density at radius 2 is 2.06 bits per heavy atom. The summed E-state index contributed by atoms with van der Waals surface area (Å²) < 4.78 is 0. The van der Waals surface area contributed by atoms with Gasteiger partial charge in [0.1, 0.15) is 0 Å². The molecule has 1 saturated carbocycles. The normalized spacial score (nSPS) is 16.5. The van der Waals surface area contributed by atoms with Crippen molar-refractivity contribution in [2.45, 2.75) is 44.6 Å². The molecule has 0 aromatic heterocycles. The smallest absolute Gasteiger partial charge is 0.305 e. The third kappa shape index (κ3) is 3.57. The highest BCUT2D eigenvalue weighted by molar-refractivity contribution is 5.68. The van der Waals surface area contributed by atoms with Gasteiger partial charge in [-0.15, -0.1) is 0 Å². The number of hydrogen-bond acceptors (Lipinski definition) is 2. The van der Waals surface area contributed by atoms with Crippen LogP contribution in [0.15, 0.2) is 24.3 Å². The maximum absolute atomic E-state index is 10.9. The minimum Gasteiger partial charge on any atom is -0.481 e. The summed E-state index contributed by atoms with van der Waals surface area (Å²) >= 11 is 0. The van der Waals surface area contributed by atoms with E-state index in [2.05, 4.69) is 36.5 Å². The predicted octanol–water partition coefficient (Wildman–Crippen LogP) is 3.08. The second-order valence-electron chi connectivity index (χ2n) is 5.05. The number of aliphatic carboxylic acids is 1. The summed E-state index contributed by atoms with van der Waals surface area (Å²) in [5.74, 6) is -0.00422. The summed E-state index contributed by atoms with van der Waals surface area (Å²) in [5, 5.41) is 12.3. The van der Waals surface area contributed by atoms with E-state index in [4.69, 9.17) is 5.11 Å². The highest BCUT2D eigenvalue weighted by Crippen LogP contribution is 2.40. The lowest BCUT2D eigenvalue weighted by atomic mass is 10.0. The number of benzene rings is 1. The molecule has 18 heavy (non-hydrogen) atoms. The van der Waals surface area contributed by atoms with E-state index < -0.39 is 5.97 Å². The van der Waals surface area contributed by atoms with E-state index in [1.54, 1.807) is 0 Å². The fourth-order valence-electron chi connectivity index (χ4n) is 2.22. The van der Waals surface area contributed by atoms with Gasteiger partial charge in [-0.3, -0.25) is 4.79 Å². The highest BCUT2D eigenvalue weighted by Gasteiger charge is 2.23. The largest absolute Gasteiger partial charge is 0.481 e. The first-order valence-electron chi connectivity index (χ1n) is 6.75. The lowest BCUT2D eigenvalue weighted by Gasteiger charge is -2.17. The first-order valence-corrected chi connectivity index (χ1v) is 6.75. The Hall–Kier alpha value is -1.35. The van der Waals surface area contributed by atoms with E-state index in [1.165, 1.54) is 18.4 Å². The lowest BCUT2D eigenvalue weighted by Crippen LogP contribution is -2.24. The van der Waals surface area contributed by atoms with Crippen molar-refractivity contribution < 1.29 is 9.90 Å². The zero-order valence-corrected chi connectivity index (χ0v) is 10.9. The van der Waals surface area contributed by atoms with Crippen LogP contribution < -0.4 is 5.32 Å². The highest BCUT2D eigenvalue weighted by atomic mass is 16.4. The van der Waals surface area contributed by atoms with E-state index in [0.29, 0.717) is 0 Å². The van der Waals surface area contributed by atoms with Gasteiger partial charge in [0.25, 0.3) is 0 Å². The molecule has 0 spiro atoms. The predicted molar refractivity (Wildman–Crippen MR) is 71.7 cm³/mol. The maximum Gasteiger partial charge on any atom is 0.305 e. The zero-order valence-electron chi connectivity index (χ0n) is 10.9. The topological polar surface area (TPSA) is 49.3 Å². The average Bonchev–Trinajstić information content (AvgIpc) is 3.18. The van der Waals surface area contributed by atoms with E-state index in [0.717, 1.165) is 24.4 Å². The van der Waals surface area contributed by atoms with Gasteiger partial charge in [-0.05, 0) is 42.9 Å². The number of carboxylic acid groups (broad SMARTS) is 1. The summed E-state index contributed by atoms with van der Waals surface area (Å²) in [7, 11) is 0. The van der Waals surface area contributed by atoms with Crippen molar-refractivity contribution in [3.05, 3.63) is 35.4 Å². The molecule has 1 aliphatic carbocycles. The van der Waals surface area contributed by atoms with Gasteiger partial charge in [0.15, 0.2) is 0 Å². The summed E-state index contributed by atoms with van der Waals surface area (Å²) in [4.78, 5) is 10.9. The SMILES string of the molecule is CCCNC(CC(=O)O)c1ccc(C2CC2)cc1. The molecule has 0 heterocycles. The van der Waals surface area contributed by atoms with Gasteiger partial charge in [0.2, 0.25) is 0 Å². The molecule has 3 heteroatoms. The molecule has 0 radical (unpaired) electrons. The molecule has 1 aromatic carbocycles. The number of hydrogen-bond donors (Lipinski definition) is 2. The van der Waals surface area contributed by atoms with Crippen LogP contribution in [0.5, 0.6) is 0 Å². The fraction of sp³-hybridized carbons (Fsp3) is 0.533.